The topological polar surface area (TPSA) is 27.0 Å². The summed E-state index contributed by atoms with van der Waals surface area (Å²) in [7, 11) is 0. The van der Waals surface area contributed by atoms with Gasteiger partial charge in [-0.05, 0) is 165 Å². The molecule has 0 unspecified atom stereocenters. The van der Waals surface area contributed by atoms with Gasteiger partial charge in [0.2, 0.25) is 0 Å². The SMILES string of the molecule is CC1(C)c2ccccc2-c2ccc(N(c3ccc(-c4ccccc4)cc3)c3ccc(-c4ccc5c(c4)-c4ccccc4C54C5CC6CC(C5)CC4C6)c(C#N)c3)cc21. The Morgan fingerprint density at radius 2 is 0.983 bits per heavy atom. The molecule has 0 heterocycles. The van der Waals surface area contributed by atoms with Crippen LogP contribution in [0.15, 0.2) is 158 Å². The molecule has 0 radical (unpaired) electrons. The predicted molar refractivity (Wildman–Crippen MR) is 238 cm³/mol. The second-order valence-corrected chi connectivity index (χ2v) is 18.5. The number of rotatable bonds is 5. The molecule has 0 aliphatic heterocycles. The molecule has 6 aliphatic rings. The molecule has 6 aliphatic carbocycles. The molecule has 0 atom stereocenters. The van der Waals surface area contributed by atoms with Crippen LogP contribution in [0.1, 0.15) is 73.8 Å². The molecule has 13 rings (SSSR count). The van der Waals surface area contributed by atoms with Crippen LogP contribution in [0.25, 0.3) is 44.5 Å². The summed E-state index contributed by atoms with van der Waals surface area (Å²) in [4.78, 5) is 2.33. The lowest BCUT2D eigenvalue weighted by molar-refractivity contribution is -0.0399. The molecule has 4 fully saturated rings. The van der Waals surface area contributed by atoms with Crippen molar-refractivity contribution < 1.29 is 0 Å². The van der Waals surface area contributed by atoms with Crippen LogP contribution >= 0.6 is 0 Å². The Morgan fingerprint density at radius 1 is 0.448 bits per heavy atom. The van der Waals surface area contributed by atoms with Crippen LogP contribution < -0.4 is 4.90 Å². The molecule has 0 amide bonds. The van der Waals surface area contributed by atoms with Crippen LogP contribution in [0, 0.1) is 35.0 Å². The fourth-order valence-corrected chi connectivity index (χ4v) is 13.1. The minimum absolute atomic E-state index is 0.131. The van der Waals surface area contributed by atoms with Gasteiger partial charge in [-0.15, -0.1) is 0 Å². The van der Waals surface area contributed by atoms with E-state index in [9.17, 15) is 5.26 Å². The first kappa shape index (κ1) is 33.9. The second kappa shape index (κ2) is 12.4. The first-order valence-corrected chi connectivity index (χ1v) is 21.4. The standard InChI is InChI=1S/C56H46N2/c1-55(2)51-14-8-6-12-47(51)49-24-22-45(33-54(49)55)58(43-19-16-38(17-20-43)37-10-4-3-5-11-37)44-21-23-46(40(31-44)34-57)39-18-25-53-50(32-39)48-13-7-9-15-52(48)56(53)41-27-35-26-36(29-41)30-42(56)28-35/h3-25,31-33,35-36,41-42H,26-30H2,1-2H3. The van der Waals surface area contributed by atoms with Crippen LogP contribution in [0.2, 0.25) is 0 Å². The Labute approximate surface area is 342 Å². The third kappa shape index (κ3) is 4.71. The number of anilines is 3. The third-order valence-corrected chi connectivity index (χ3v) is 15.3. The molecule has 58 heavy (non-hydrogen) atoms. The minimum atomic E-state index is -0.131. The lowest BCUT2D eigenvalue weighted by Crippen LogP contribution is -2.55. The highest BCUT2D eigenvalue weighted by Gasteiger charge is 2.61. The largest absolute Gasteiger partial charge is 0.310 e. The Bertz CT molecular complexity index is 2810. The summed E-state index contributed by atoms with van der Waals surface area (Å²) in [5.41, 5.74) is 19.5. The van der Waals surface area contributed by atoms with E-state index in [1.807, 2.05) is 0 Å². The van der Waals surface area contributed by atoms with Gasteiger partial charge >= 0.3 is 0 Å². The molecule has 4 saturated carbocycles. The van der Waals surface area contributed by atoms with E-state index in [-0.39, 0.29) is 10.8 Å². The van der Waals surface area contributed by atoms with Crippen molar-refractivity contribution in [2.75, 3.05) is 4.90 Å². The summed E-state index contributed by atoms with van der Waals surface area (Å²) in [5, 5.41) is 10.9. The quantitative estimate of drug-likeness (QED) is 0.175. The summed E-state index contributed by atoms with van der Waals surface area (Å²) in [6.45, 7) is 4.67. The van der Waals surface area contributed by atoms with E-state index in [1.165, 1.54) is 76.6 Å². The van der Waals surface area contributed by atoms with Crippen LogP contribution in [0.5, 0.6) is 0 Å². The van der Waals surface area contributed by atoms with Crippen LogP contribution in [0.3, 0.4) is 0 Å². The lowest BCUT2D eigenvalue weighted by atomic mass is 9.43. The molecular weight excluding hydrogens is 701 g/mol. The third-order valence-electron chi connectivity index (χ3n) is 15.3. The van der Waals surface area contributed by atoms with Crippen molar-refractivity contribution in [3.05, 3.63) is 186 Å². The smallest absolute Gasteiger partial charge is 0.0998 e. The zero-order chi connectivity index (χ0) is 38.8. The fourth-order valence-electron chi connectivity index (χ4n) is 13.1. The van der Waals surface area contributed by atoms with Gasteiger partial charge in [0.15, 0.2) is 0 Å². The molecule has 0 aromatic heterocycles. The molecule has 7 aromatic carbocycles. The average Bonchev–Trinajstić information content (AvgIpc) is 3.68. The van der Waals surface area contributed by atoms with Gasteiger partial charge in [0.1, 0.15) is 0 Å². The maximum absolute atomic E-state index is 10.9. The monoisotopic (exact) mass is 746 g/mol. The molecular formula is C56H46N2. The van der Waals surface area contributed by atoms with Gasteiger partial charge in [0.25, 0.3) is 0 Å². The van der Waals surface area contributed by atoms with Gasteiger partial charge in [0.05, 0.1) is 11.6 Å². The molecule has 0 N–H and O–H groups in total. The number of nitrogens with zero attached hydrogens (tertiary/aromatic N) is 2. The predicted octanol–water partition coefficient (Wildman–Crippen LogP) is 14.4. The van der Waals surface area contributed by atoms with Gasteiger partial charge in [-0.3, -0.25) is 0 Å². The van der Waals surface area contributed by atoms with Crippen molar-refractivity contribution in [3.8, 4) is 50.6 Å². The average molecular weight is 747 g/mol. The molecule has 2 heteroatoms. The van der Waals surface area contributed by atoms with E-state index >= 15 is 0 Å². The summed E-state index contributed by atoms with van der Waals surface area (Å²) in [5.74, 6) is 3.30. The van der Waals surface area contributed by atoms with Gasteiger partial charge < -0.3 is 4.90 Å². The maximum Gasteiger partial charge on any atom is 0.0998 e. The minimum Gasteiger partial charge on any atom is -0.310 e. The highest BCUT2D eigenvalue weighted by atomic mass is 15.1. The number of nitriles is 1. The van der Waals surface area contributed by atoms with E-state index in [1.54, 1.807) is 11.1 Å². The van der Waals surface area contributed by atoms with Crippen molar-refractivity contribution in [1.29, 1.82) is 5.26 Å². The van der Waals surface area contributed by atoms with E-state index in [0.29, 0.717) is 5.56 Å². The van der Waals surface area contributed by atoms with Gasteiger partial charge in [0, 0.05) is 27.9 Å². The van der Waals surface area contributed by atoms with E-state index in [4.69, 9.17) is 0 Å². The number of fused-ring (bicyclic) bond motifs is 6. The second-order valence-electron chi connectivity index (χ2n) is 18.5. The van der Waals surface area contributed by atoms with Crippen molar-refractivity contribution in [1.82, 2.24) is 0 Å². The van der Waals surface area contributed by atoms with Gasteiger partial charge in [-0.25, -0.2) is 0 Å². The van der Waals surface area contributed by atoms with Crippen molar-refractivity contribution >= 4 is 17.1 Å². The van der Waals surface area contributed by atoms with Gasteiger partial charge in [-0.1, -0.05) is 129 Å². The molecule has 7 aromatic rings. The Morgan fingerprint density at radius 3 is 1.69 bits per heavy atom. The first-order chi connectivity index (χ1) is 28.4. The Balaban J connectivity index is 0.973. The van der Waals surface area contributed by atoms with Crippen LogP contribution in [0.4, 0.5) is 17.1 Å². The van der Waals surface area contributed by atoms with Crippen molar-refractivity contribution in [3.63, 3.8) is 0 Å². The summed E-state index contributed by atoms with van der Waals surface area (Å²) in [6, 6.07) is 60.8. The summed E-state index contributed by atoms with van der Waals surface area (Å²) >= 11 is 0. The summed E-state index contributed by atoms with van der Waals surface area (Å²) in [6.07, 6.45) is 6.97. The van der Waals surface area contributed by atoms with E-state index in [0.717, 1.165) is 51.9 Å². The molecule has 4 bridgehead atoms. The molecule has 2 nitrogen and oxygen atoms in total. The number of benzene rings is 7. The highest BCUT2D eigenvalue weighted by molar-refractivity contribution is 5.89. The molecule has 0 saturated heterocycles. The normalized spacial score (nSPS) is 23.5. The zero-order valence-corrected chi connectivity index (χ0v) is 33.3. The number of hydrogen-bond donors (Lipinski definition) is 0. The Hall–Kier alpha value is -6.17. The summed E-state index contributed by atoms with van der Waals surface area (Å²) < 4.78 is 0. The van der Waals surface area contributed by atoms with Gasteiger partial charge in [-0.2, -0.15) is 5.26 Å². The Kier molecular flexibility index (Phi) is 7.26. The van der Waals surface area contributed by atoms with E-state index in [2.05, 4.69) is 183 Å². The van der Waals surface area contributed by atoms with Crippen molar-refractivity contribution in [2.45, 2.75) is 56.8 Å². The van der Waals surface area contributed by atoms with E-state index < -0.39 is 0 Å². The van der Waals surface area contributed by atoms with Crippen molar-refractivity contribution in [2.24, 2.45) is 23.7 Å². The molecule has 1 spiro atoms. The fraction of sp³-hybridized carbons (Fsp3) is 0.232. The van der Waals surface area contributed by atoms with Crippen LogP contribution in [-0.2, 0) is 10.8 Å². The highest BCUT2D eigenvalue weighted by Crippen LogP contribution is 2.69. The maximum atomic E-state index is 10.9. The molecule has 280 valence electrons. The lowest BCUT2D eigenvalue weighted by Gasteiger charge is -2.61. The van der Waals surface area contributed by atoms with Crippen LogP contribution in [-0.4, -0.2) is 0 Å². The number of hydrogen-bond acceptors (Lipinski definition) is 2. The first-order valence-electron chi connectivity index (χ1n) is 21.4. The zero-order valence-electron chi connectivity index (χ0n) is 33.3.